The van der Waals surface area contributed by atoms with Crippen molar-refractivity contribution in [3.05, 3.63) is 0 Å². The van der Waals surface area contributed by atoms with Gasteiger partial charge in [0.1, 0.15) is 0 Å². The van der Waals surface area contributed by atoms with Gasteiger partial charge in [0, 0.05) is 19.8 Å². The van der Waals surface area contributed by atoms with Gasteiger partial charge in [-0.25, -0.2) is 0 Å². The second kappa shape index (κ2) is 7.21. The molecule has 0 bridgehead atoms. The van der Waals surface area contributed by atoms with E-state index in [0.29, 0.717) is 12.6 Å². The van der Waals surface area contributed by atoms with Crippen molar-refractivity contribution in [2.45, 2.75) is 38.1 Å². The summed E-state index contributed by atoms with van der Waals surface area (Å²) < 4.78 is 10.3. The van der Waals surface area contributed by atoms with Crippen LogP contribution in [0.5, 0.6) is 0 Å². The molecule has 1 fully saturated rings. The van der Waals surface area contributed by atoms with E-state index in [2.05, 4.69) is 0 Å². The van der Waals surface area contributed by atoms with Gasteiger partial charge in [-0.3, -0.25) is 0 Å². The Labute approximate surface area is 86.9 Å². The molecule has 1 rings (SSSR count). The molecule has 1 aliphatic carbocycles. The molecule has 0 spiro atoms. The summed E-state index contributed by atoms with van der Waals surface area (Å²) >= 11 is 0. The highest BCUT2D eigenvalue weighted by Crippen LogP contribution is 2.27. The fourth-order valence-electron chi connectivity index (χ4n) is 2.09. The molecule has 84 valence electrons. The maximum Gasteiger partial charge on any atom is 0.0700 e. The van der Waals surface area contributed by atoms with Gasteiger partial charge >= 0.3 is 0 Å². The van der Waals surface area contributed by atoms with Crippen LogP contribution in [0.15, 0.2) is 0 Å². The van der Waals surface area contributed by atoms with Gasteiger partial charge in [0.05, 0.1) is 13.2 Å². The molecule has 1 saturated carbocycles. The second-order valence-electron chi connectivity index (χ2n) is 4.19. The Balaban J connectivity index is 1.84. The molecule has 14 heavy (non-hydrogen) atoms. The summed E-state index contributed by atoms with van der Waals surface area (Å²) in [7, 11) is 1.70. The second-order valence-corrected chi connectivity index (χ2v) is 4.19. The lowest BCUT2D eigenvalue weighted by molar-refractivity contribution is 0.0673. The van der Waals surface area contributed by atoms with Crippen molar-refractivity contribution in [2.75, 3.05) is 26.9 Å². The Morgan fingerprint density at radius 1 is 1.21 bits per heavy atom. The number of nitrogens with two attached hydrogens (primary N) is 1. The van der Waals surface area contributed by atoms with Crippen LogP contribution in [-0.2, 0) is 9.47 Å². The molecule has 1 aliphatic rings. The minimum absolute atomic E-state index is 0.467. The Morgan fingerprint density at radius 2 is 2.07 bits per heavy atom. The molecule has 2 atom stereocenters. The third kappa shape index (κ3) is 4.94. The van der Waals surface area contributed by atoms with Crippen LogP contribution in [0.2, 0.25) is 0 Å². The van der Waals surface area contributed by atoms with E-state index >= 15 is 0 Å². The SMILES string of the molecule is COCCOCCCC1CCC(N)C1. The van der Waals surface area contributed by atoms with E-state index in [1.54, 1.807) is 7.11 Å². The zero-order chi connectivity index (χ0) is 10.2. The van der Waals surface area contributed by atoms with Crippen LogP contribution in [-0.4, -0.2) is 33.0 Å². The largest absolute Gasteiger partial charge is 0.382 e. The molecule has 0 aromatic heterocycles. The summed E-state index contributed by atoms with van der Waals surface area (Å²) in [6.45, 7) is 2.30. The van der Waals surface area contributed by atoms with Crippen molar-refractivity contribution in [2.24, 2.45) is 11.7 Å². The molecule has 0 radical (unpaired) electrons. The van der Waals surface area contributed by atoms with Crippen molar-refractivity contribution in [1.29, 1.82) is 0 Å². The third-order valence-corrected chi connectivity index (χ3v) is 2.91. The van der Waals surface area contributed by atoms with E-state index in [4.69, 9.17) is 15.2 Å². The van der Waals surface area contributed by atoms with Crippen LogP contribution in [0, 0.1) is 5.92 Å². The van der Waals surface area contributed by atoms with Crippen molar-refractivity contribution in [1.82, 2.24) is 0 Å². The average Bonchev–Trinajstić information content (AvgIpc) is 2.58. The Morgan fingerprint density at radius 3 is 2.71 bits per heavy atom. The van der Waals surface area contributed by atoms with Crippen molar-refractivity contribution in [3.63, 3.8) is 0 Å². The molecule has 0 saturated heterocycles. The monoisotopic (exact) mass is 201 g/mol. The van der Waals surface area contributed by atoms with Crippen LogP contribution >= 0.6 is 0 Å². The summed E-state index contributed by atoms with van der Waals surface area (Å²) in [4.78, 5) is 0. The molecule has 2 unspecified atom stereocenters. The highest BCUT2D eigenvalue weighted by atomic mass is 16.5. The first-order chi connectivity index (χ1) is 6.83. The van der Waals surface area contributed by atoms with Gasteiger partial charge < -0.3 is 15.2 Å². The smallest absolute Gasteiger partial charge is 0.0700 e. The fourth-order valence-corrected chi connectivity index (χ4v) is 2.09. The predicted octanol–water partition coefficient (Wildman–Crippen LogP) is 1.56. The maximum absolute atomic E-state index is 5.85. The quantitative estimate of drug-likeness (QED) is 0.636. The van der Waals surface area contributed by atoms with Gasteiger partial charge in [0.2, 0.25) is 0 Å². The number of methoxy groups -OCH3 is 1. The van der Waals surface area contributed by atoms with Gasteiger partial charge in [-0.2, -0.15) is 0 Å². The Kier molecular flexibility index (Phi) is 6.15. The fraction of sp³-hybridized carbons (Fsp3) is 1.00. The van der Waals surface area contributed by atoms with Crippen molar-refractivity contribution >= 4 is 0 Å². The highest BCUT2D eigenvalue weighted by Gasteiger charge is 2.20. The first-order valence-corrected chi connectivity index (χ1v) is 5.65. The summed E-state index contributed by atoms with van der Waals surface area (Å²) in [5, 5.41) is 0. The van der Waals surface area contributed by atoms with Crippen LogP contribution < -0.4 is 5.73 Å². The van der Waals surface area contributed by atoms with Gasteiger partial charge in [0.25, 0.3) is 0 Å². The molecule has 0 aromatic rings. The Bertz CT molecular complexity index is 141. The minimum Gasteiger partial charge on any atom is -0.382 e. The highest BCUT2D eigenvalue weighted by molar-refractivity contribution is 4.77. The summed E-state index contributed by atoms with van der Waals surface area (Å²) in [6.07, 6.45) is 6.20. The van der Waals surface area contributed by atoms with E-state index in [-0.39, 0.29) is 0 Å². The van der Waals surface area contributed by atoms with Gasteiger partial charge in [-0.15, -0.1) is 0 Å². The number of ether oxygens (including phenoxy) is 2. The maximum atomic E-state index is 5.85. The van der Waals surface area contributed by atoms with Crippen LogP contribution in [0.3, 0.4) is 0 Å². The molecule has 3 heteroatoms. The van der Waals surface area contributed by atoms with Gasteiger partial charge in [0.15, 0.2) is 0 Å². The lowest BCUT2D eigenvalue weighted by Gasteiger charge is -2.09. The molecule has 0 amide bonds. The Hall–Kier alpha value is -0.120. The lowest BCUT2D eigenvalue weighted by atomic mass is 10.0. The predicted molar refractivity (Wildman–Crippen MR) is 57.2 cm³/mol. The first kappa shape index (κ1) is 12.0. The van der Waals surface area contributed by atoms with E-state index < -0.39 is 0 Å². The zero-order valence-corrected chi connectivity index (χ0v) is 9.21. The van der Waals surface area contributed by atoms with E-state index in [9.17, 15) is 0 Å². The van der Waals surface area contributed by atoms with Gasteiger partial charge in [-0.1, -0.05) is 0 Å². The standard InChI is InChI=1S/C11H23NO2/c1-13-7-8-14-6-2-3-10-4-5-11(12)9-10/h10-11H,2-9,12H2,1H3. The zero-order valence-electron chi connectivity index (χ0n) is 9.21. The minimum atomic E-state index is 0.467. The molecule has 3 nitrogen and oxygen atoms in total. The normalized spacial score (nSPS) is 27.0. The summed E-state index contributed by atoms with van der Waals surface area (Å²) in [5.41, 5.74) is 5.85. The van der Waals surface area contributed by atoms with Crippen LogP contribution in [0.1, 0.15) is 32.1 Å². The number of rotatable bonds is 7. The summed E-state index contributed by atoms with van der Waals surface area (Å²) in [5.74, 6) is 0.857. The molecule has 0 heterocycles. The van der Waals surface area contributed by atoms with Crippen LogP contribution in [0.25, 0.3) is 0 Å². The lowest BCUT2D eigenvalue weighted by Crippen LogP contribution is -2.14. The molecular weight excluding hydrogens is 178 g/mol. The van der Waals surface area contributed by atoms with E-state index in [0.717, 1.165) is 19.1 Å². The van der Waals surface area contributed by atoms with E-state index in [1.807, 2.05) is 0 Å². The molecule has 2 N–H and O–H groups in total. The topological polar surface area (TPSA) is 44.5 Å². The third-order valence-electron chi connectivity index (χ3n) is 2.91. The first-order valence-electron chi connectivity index (χ1n) is 5.65. The average molecular weight is 201 g/mol. The number of hydrogen-bond acceptors (Lipinski definition) is 3. The summed E-state index contributed by atoms with van der Waals surface area (Å²) in [6, 6.07) is 0.467. The molecule has 0 aliphatic heterocycles. The van der Waals surface area contributed by atoms with E-state index in [1.165, 1.54) is 32.1 Å². The number of hydrogen-bond donors (Lipinski definition) is 1. The van der Waals surface area contributed by atoms with Crippen molar-refractivity contribution in [3.8, 4) is 0 Å². The van der Waals surface area contributed by atoms with Gasteiger partial charge in [-0.05, 0) is 38.0 Å². The van der Waals surface area contributed by atoms with Crippen molar-refractivity contribution < 1.29 is 9.47 Å². The molecular formula is C11H23NO2. The van der Waals surface area contributed by atoms with Crippen LogP contribution in [0.4, 0.5) is 0 Å². The molecule has 0 aromatic carbocycles.